The van der Waals surface area contributed by atoms with Gasteiger partial charge in [-0.3, -0.25) is 4.90 Å². The minimum atomic E-state index is -0.230. The number of nitrogens with zero attached hydrogens (tertiary/aromatic N) is 1. The van der Waals surface area contributed by atoms with E-state index < -0.39 is 0 Å². The standard InChI is InChI=1S/C9H21NO/c1-4-6-7-8-9(11)10(3)5-2/h9,11H,4-8H2,1-3H3. The molecule has 0 fully saturated rings. The van der Waals surface area contributed by atoms with Crippen LogP contribution in [0.1, 0.15) is 39.5 Å². The molecule has 2 nitrogen and oxygen atoms in total. The Morgan fingerprint density at radius 2 is 1.91 bits per heavy atom. The molecule has 1 N–H and O–H groups in total. The van der Waals surface area contributed by atoms with Gasteiger partial charge in [0.05, 0.1) is 0 Å². The molecule has 0 heterocycles. The Balaban J connectivity index is 3.28. The average molecular weight is 159 g/mol. The molecule has 0 aromatic carbocycles. The van der Waals surface area contributed by atoms with Gasteiger partial charge in [-0.1, -0.05) is 26.7 Å². The summed E-state index contributed by atoms with van der Waals surface area (Å²) in [6.07, 6.45) is 4.28. The highest BCUT2D eigenvalue weighted by Crippen LogP contribution is 2.05. The minimum absolute atomic E-state index is 0.230. The maximum Gasteiger partial charge on any atom is 0.107 e. The molecule has 0 aliphatic heterocycles. The van der Waals surface area contributed by atoms with Gasteiger partial charge in [0.15, 0.2) is 0 Å². The summed E-state index contributed by atoms with van der Waals surface area (Å²) in [6, 6.07) is 0. The van der Waals surface area contributed by atoms with Gasteiger partial charge in [-0.15, -0.1) is 0 Å². The lowest BCUT2D eigenvalue weighted by molar-refractivity contribution is 0.0174. The summed E-state index contributed by atoms with van der Waals surface area (Å²) < 4.78 is 0. The van der Waals surface area contributed by atoms with E-state index in [-0.39, 0.29) is 6.23 Å². The monoisotopic (exact) mass is 159 g/mol. The van der Waals surface area contributed by atoms with Crippen molar-refractivity contribution in [2.24, 2.45) is 0 Å². The van der Waals surface area contributed by atoms with Crippen molar-refractivity contribution in [2.75, 3.05) is 13.6 Å². The lowest BCUT2D eigenvalue weighted by atomic mass is 10.2. The number of aliphatic hydroxyl groups is 1. The van der Waals surface area contributed by atoms with Crippen molar-refractivity contribution < 1.29 is 5.11 Å². The molecule has 68 valence electrons. The van der Waals surface area contributed by atoms with Crippen molar-refractivity contribution >= 4 is 0 Å². The zero-order valence-corrected chi connectivity index (χ0v) is 8.01. The number of unbranched alkanes of at least 4 members (excludes halogenated alkanes) is 2. The number of aliphatic hydroxyl groups excluding tert-OH is 1. The van der Waals surface area contributed by atoms with Crippen LogP contribution in [0.2, 0.25) is 0 Å². The maximum atomic E-state index is 9.47. The van der Waals surface area contributed by atoms with Crippen molar-refractivity contribution in [3.63, 3.8) is 0 Å². The fraction of sp³-hybridized carbons (Fsp3) is 1.00. The van der Waals surface area contributed by atoms with E-state index >= 15 is 0 Å². The molecule has 0 saturated heterocycles. The van der Waals surface area contributed by atoms with Crippen molar-refractivity contribution in [1.29, 1.82) is 0 Å². The molecule has 0 radical (unpaired) electrons. The fourth-order valence-corrected chi connectivity index (χ4v) is 1.01. The first-order chi connectivity index (χ1) is 5.22. The van der Waals surface area contributed by atoms with Gasteiger partial charge in [0.25, 0.3) is 0 Å². The zero-order chi connectivity index (χ0) is 8.69. The molecule has 0 aliphatic carbocycles. The Hall–Kier alpha value is -0.0800. The number of hydrogen-bond donors (Lipinski definition) is 1. The largest absolute Gasteiger partial charge is 0.378 e. The first-order valence-electron chi connectivity index (χ1n) is 4.60. The van der Waals surface area contributed by atoms with Gasteiger partial charge in [-0.2, -0.15) is 0 Å². The number of rotatable bonds is 6. The third kappa shape index (κ3) is 5.22. The fourth-order valence-electron chi connectivity index (χ4n) is 1.01. The molecular weight excluding hydrogens is 138 g/mol. The Labute approximate surface area is 70.2 Å². The minimum Gasteiger partial charge on any atom is -0.378 e. The van der Waals surface area contributed by atoms with E-state index in [4.69, 9.17) is 0 Å². The molecule has 2 heteroatoms. The highest BCUT2D eigenvalue weighted by molar-refractivity contribution is 4.54. The van der Waals surface area contributed by atoms with Crippen LogP contribution in [0.4, 0.5) is 0 Å². The molecule has 0 saturated carbocycles. The Morgan fingerprint density at radius 3 is 2.36 bits per heavy atom. The molecule has 1 atom stereocenters. The summed E-state index contributed by atoms with van der Waals surface area (Å²) in [4.78, 5) is 1.97. The van der Waals surface area contributed by atoms with E-state index in [9.17, 15) is 5.11 Å². The molecule has 0 bridgehead atoms. The van der Waals surface area contributed by atoms with Gasteiger partial charge in [0.2, 0.25) is 0 Å². The predicted molar refractivity (Wildman–Crippen MR) is 48.5 cm³/mol. The molecule has 0 aromatic heterocycles. The smallest absolute Gasteiger partial charge is 0.107 e. The van der Waals surface area contributed by atoms with Crippen LogP contribution in [-0.4, -0.2) is 29.8 Å². The topological polar surface area (TPSA) is 23.5 Å². The molecule has 0 amide bonds. The summed E-state index contributed by atoms with van der Waals surface area (Å²) in [5, 5.41) is 9.47. The number of hydrogen-bond acceptors (Lipinski definition) is 2. The Bertz CT molecular complexity index is 85.6. The van der Waals surface area contributed by atoms with Crippen molar-refractivity contribution in [2.45, 2.75) is 45.8 Å². The molecule has 0 aliphatic rings. The molecular formula is C9H21NO. The van der Waals surface area contributed by atoms with Crippen LogP contribution >= 0.6 is 0 Å². The quantitative estimate of drug-likeness (QED) is 0.472. The maximum absolute atomic E-state index is 9.47. The summed E-state index contributed by atoms with van der Waals surface area (Å²) >= 11 is 0. The van der Waals surface area contributed by atoms with Crippen molar-refractivity contribution in [3.05, 3.63) is 0 Å². The first-order valence-corrected chi connectivity index (χ1v) is 4.60. The lowest BCUT2D eigenvalue weighted by Crippen LogP contribution is -2.30. The van der Waals surface area contributed by atoms with E-state index in [1.807, 2.05) is 11.9 Å². The molecule has 11 heavy (non-hydrogen) atoms. The van der Waals surface area contributed by atoms with Crippen LogP contribution in [0, 0.1) is 0 Å². The van der Waals surface area contributed by atoms with E-state index in [2.05, 4.69) is 13.8 Å². The predicted octanol–water partition coefficient (Wildman–Crippen LogP) is 1.84. The molecule has 0 rings (SSSR count). The van der Waals surface area contributed by atoms with Crippen LogP contribution < -0.4 is 0 Å². The summed E-state index contributed by atoms with van der Waals surface area (Å²) in [5.74, 6) is 0. The highest BCUT2D eigenvalue weighted by Gasteiger charge is 2.06. The second-order valence-electron chi connectivity index (χ2n) is 3.05. The van der Waals surface area contributed by atoms with Crippen LogP contribution in [0.3, 0.4) is 0 Å². The van der Waals surface area contributed by atoms with E-state index in [0.29, 0.717) is 0 Å². The van der Waals surface area contributed by atoms with Crippen LogP contribution in [-0.2, 0) is 0 Å². The van der Waals surface area contributed by atoms with Gasteiger partial charge in [-0.25, -0.2) is 0 Å². The van der Waals surface area contributed by atoms with Crippen molar-refractivity contribution in [3.8, 4) is 0 Å². The van der Waals surface area contributed by atoms with Gasteiger partial charge in [0.1, 0.15) is 6.23 Å². The van der Waals surface area contributed by atoms with Crippen LogP contribution in [0.15, 0.2) is 0 Å². The Morgan fingerprint density at radius 1 is 1.27 bits per heavy atom. The third-order valence-electron chi connectivity index (χ3n) is 2.07. The van der Waals surface area contributed by atoms with E-state index in [0.717, 1.165) is 19.4 Å². The third-order valence-corrected chi connectivity index (χ3v) is 2.07. The van der Waals surface area contributed by atoms with Gasteiger partial charge >= 0.3 is 0 Å². The molecule has 0 aromatic rings. The van der Waals surface area contributed by atoms with Gasteiger partial charge in [-0.05, 0) is 26.4 Å². The highest BCUT2D eigenvalue weighted by atomic mass is 16.3. The summed E-state index contributed by atoms with van der Waals surface area (Å²) in [7, 11) is 1.95. The average Bonchev–Trinajstić information content (AvgIpc) is 2.03. The summed E-state index contributed by atoms with van der Waals surface area (Å²) in [5.41, 5.74) is 0. The SMILES string of the molecule is CCCCCC(O)N(C)CC. The van der Waals surface area contributed by atoms with E-state index in [1.165, 1.54) is 12.8 Å². The van der Waals surface area contributed by atoms with Crippen molar-refractivity contribution in [1.82, 2.24) is 4.90 Å². The van der Waals surface area contributed by atoms with Crippen LogP contribution in [0.5, 0.6) is 0 Å². The zero-order valence-electron chi connectivity index (χ0n) is 8.01. The van der Waals surface area contributed by atoms with Crippen LogP contribution in [0.25, 0.3) is 0 Å². The lowest BCUT2D eigenvalue weighted by Gasteiger charge is -2.21. The summed E-state index contributed by atoms with van der Waals surface area (Å²) in [6.45, 7) is 5.16. The first kappa shape index (κ1) is 10.9. The Kier molecular flexibility index (Phi) is 6.57. The van der Waals surface area contributed by atoms with Gasteiger partial charge in [0, 0.05) is 0 Å². The van der Waals surface area contributed by atoms with E-state index in [1.54, 1.807) is 0 Å². The second kappa shape index (κ2) is 6.62. The second-order valence-corrected chi connectivity index (χ2v) is 3.05. The molecule has 0 spiro atoms. The molecule has 1 unspecified atom stereocenters. The normalized spacial score (nSPS) is 13.9. The van der Waals surface area contributed by atoms with Gasteiger partial charge < -0.3 is 5.11 Å².